The zero-order chi connectivity index (χ0) is 26.4. The molecule has 0 saturated heterocycles. The average Bonchev–Trinajstić information content (AvgIpc) is 3.30. The average molecular weight is 512 g/mol. The number of urea groups is 1. The zero-order valence-corrected chi connectivity index (χ0v) is 22.4. The summed E-state index contributed by atoms with van der Waals surface area (Å²) in [6.45, 7) is 12.2. The highest BCUT2D eigenvalue weighted by Crippen LogP contribution is 2.32. The van der Waals surface area contributed by atoms with Crippen LogP contribution in [-0.4, -0.2) is 28.2 Å². The standard InChI is InChI=1S/C27H34FN5O2S/c1-7-17(6)22(24(34)31-27-33-32-25(36-27)18-11-13-19(28)14-12-18)29-26(35)30-23-20(15(2)3)9-8-10-21(23)16(4)5/h8-17,22H,7H2,1-6H3,(H2,29,30,35)(H,31,33,34). The third kappa shape index (κ3) is 6.66. The van der Waals surface area contributed by atoms with Crippen molar-refractivity contribution in [2.45, 2.75) is 65.8 Å². The number of hydrogen-bond acceptors (Lipinski definition) is 5. The Morgan fingerprint density at radius 2 is 1.53 bits per heavy atom. The van der Waals surface area contributed by atoms with Gasteiger partial charge in [-0.15, -0.1) is 10.2 Å². The number of anilines is 2. The fraction of sp³-hybridized carbons (Fsp3) is 0.407. The van der Waals surface area contributed by atoms with E-state index >= 15 is 0 Å². The highest BCUT2D eigenvalue weighted by molar-refractivity contribution is 7.18. The van der Waals surface area contributed by atoms with E-state index in [1.165, 1.54) is 23.5 Å². The van der Waals surface area contributed by atoms with Crippen molar-refractivity contribution in [3.8, 4) is 10.6 Å². The lowest BCUT2D eigenvalue weighted by Crippen LogP contribution is -2.49. The zero-order valence-electron chi connectivity index (χ0n) is 21.6. The van der Waals surface area contributed by atoms with E-state index in [2.05, 4.69) is 53.8 Å². The Hall–Kier alpha value is -3.33. The number of carbonyl (C=O) groups excluding carboxylic acids is 2. The monoisotopic (exact) mass is 511 g/mol. The van der Waals surface area contributed by atoms with Crippen molar-refractivity contribution in [1.82, 2.24) is 15.5 Å². The van der Waals surface area contributed by atoms with Gasteiger partial charge in [-0.2, -0.15) is 0 Å². The van der Waals surface area contributed by atoms with Gasteiger partial charge in [0, 0.05) is 11.3 Å². The fourth-order valence-electron chi connectivity index (χ4n) is 3.85. The normalized spacial score (nSPS) is 12.9. The molecule has 0 bridgehead atoms. The molecule has 0 radical (unpaired) electrons. The van der Waals surface area contributed by atoms with Crippen LogP contribution in [0.1, 0.15) is 70.9 Å². The minimum atomic E-state index is -0.776. The third-order valence-corrected chi connectivity index (χ3v) is 7.03. The maximum absolute atomic E-state index is 13.2. The van der Waals surface area contributed by atoms with E-state index < -0.39 is 12.1 Å². The van der Waals surface area contributed by atoms with Gasteiger partial charge in [0.15, 0.2) is 0 Å². The van der Waals surface area contributed by atoms with Gasteiger partial charge in [0.05, 0.1) is 0 Å². The largest absolute Gasteiger partial charge is 0.326 e. The van der Waals surface area contributed by atoms with E-state index in [4.69, 9.17) is 0 Å². The van der Waals surface area contributed by atoms with Gasteiger partial charge in [-0.3, -0.25) is 10.1 Å². The van der Waals surface area contributed by atoms with Crippen LogP contribution in [0, 0.1) is 11.7 Å². The summed E-state index contributed by atoms with van der Waals surface area (Å²) >= 11 is 1.18. The Morgan fingerprint density at radius 3 is 2.08 bits per heavy atom. The van der Waals surface area contributed by atoms with Gasteiger partial charge >= 0.3 is 6.03 Å². The summed E-state index contributed by atoms with van der Waals surface area (Å²) in [6.07, 6.45) is 0.690. The molecule has 2 unspecified atom stereocenters. The quantitative estimate of drug-likeness (QED) is 0.295. The maximum Gasteiger partial charge on any atom is 0.319 e. The van der Waals surface area contributed by atoms with Crippen LogP contribution in [0.2, 0.25) is 0 Å². The summed E-state index contributed by atoms with van der Waals surface area (Å²) < 4.78 is 13.2. The lowest BCUT2D eigenvalue weighted by Gasteiger charge is -2.25. The second-order valence-corrected chi connectivity index (χ2v) is 10.5. The lowest BCUT2D eigenvalue weighted by atomic mass is 9.92. The van der Waals surface area contributed by atoms with Crippen LogP contribution in [0.3, 0.4) is 0 Å². The summed E-state index contributed by atoms with van der Waals surface area (Å²) in [5.74, 6) is -0.387. The van der Waals surface area contributed by atoms with E-state index in [1.54, 1.807) is 12.1 Å². The molecule has 192 valence electrons. The second-order valence-electron chi connectivity index (χ2n) is 9.49. The van der Waals surface area contributed by atoms with Crippen molar-refractivity contribution in [3.05, 3.63) is 59.4 Å². The highest BCUT2D eigenvalue weighted by Gasteiger charge is 2.28. The van der Waals surface area contributed by atoms with Crippen LogP contribution in [0.4, 0.5) is 20.0 Å². The van der Waals surface area contributed by atoms with E-state index in [0.29, 0.717) is 22.1 Å². The topological polar surface area (TPSA) is 96.0 Å². The number of para-hydroxylation sites is 1. The first-order valence-corrected chi connectivity index (χ1v) is 13.0. The first-order valence-electron chi connectivity index (χ1n) is 12.2. The molecule has 9 heteroatoms. The number of nitrogens with zero attached hydrogens (tertiary/aromatic N) is 2. The Balaban J connectivity index is 1.76. The molecule has 0 fully saturated rings. The summed E-state index contributed by atoms with van der Waals surface area (Å²) in [4.78, 5) is 26.3. The van der Waals surface area contributed by atoms with Gasteiger partial charge in [-0.05, 0) is 53.1 Å². The summed E-state index contributed by atoms with van der Waals surface area (Å²) in [5, 5.41) is 17.7. The van der Waals surface area contributed by atoms with Gasteiger partial charge < -0.3 is 10.6 Å². The van der Waals surface area contributed by atoms with E-state index in [0.717, 1.165) is 16.8 Å². The predicted molar refractivity (Wildman–Crippen MR) is 144 cm³/mol. The molecule has 3 amide bonds. The van der Waals surface area contributed by atoms with Gasteiger partial charge in [0.1, 0.15) is 16.9 Å². The van der Waals surface area contributed by atoms with Crippen LogP contribution < -0.4 is 16.0 Å². The molecule has 0 aliphatic heterocycles. The molecule has 36 heavy (non-hydrogen) atoms. The van der Waals surface area contributed by atoms with Crippen molar-refractivity contribution >= 4 is 34.1 Å². The minimum Gasteiger partial charge on any atom is -0.326 e. The van der Waals surface area contributed by atoms with E-state index in [9.17, 15) is 14.0 Å². The SMILES string of the molecule is CCC(C)C(NC(=O)Nc1c(C(C)C)cccc1C(C)C)C(=O)Nc1nnc(-c2ccc(F)cc2)s1. The Bertz CT molecular complexity index is 1170. The minimum absolute atomic E-state index is 0.120. The number of halogens is 1. The molecule has 0 spiro atoms. The Kier molecular flexibility index (Phi) is 9.14. The van der Waals surface area contributed by atoms with Crippen molar-refractivity contribution in [3.63, 3.8) is 0 Å². The van der Waals surface area contributed by atoms with Gasteiger partial charge in [-0.1, -0.05) is 77.5 Å². The fourth-order valence-corrected chi connectivity index (χ4v) is 4.61. The van der Waals surface area contributed by atoms with Crippen LogP contribution >= 0.6 is 11.3 Å². The second kappa shape index (κ2) is 12.1. The molecule has 3 rings (SSSR count). The van der Waals surface area contributed by atoms with Crippen LogP contribution in [0.15, 0.2) is 42.5 Å². The Morgan fingerprint density at radius 1 is 0.917 bits per heavy atom. The molecule has 3 aromatic rings. The first-order chi connectivity index (χ1) is 17.1. The number of hydrogen-bond donors (Lipinski definition) is 3. The summed E-state index contributed by atoms with van der Waals surface area (Å²) in [5.41, 5.74) is 3.58. The first kappa shape index (κ1) is 27.3. The molecule has 2 atom stereocenters. The van der Waals surface area contributed by atoms with Gasteiger partial charge in [0.2, 0.25) is 11.0 Å². The molecule has 0 aliphatic carbocycles. The molecule has 0 aliphatic rings. The summed E-state index contributed by atoms with van der Waals surface area (Å²) in [6, 6.07) is 10.7. The Labute approximate surface area is 215 Å². The van der Waals surface area contributed by atoms with Gasteiger partial charge in [0.25, 0.3) is 0 Å². The van der Waals surface area contributed by atoms with E-state index in [1.807, 2.05) is 32.0 Å². The number of nitrogens with one attached hydrogen (secondary N) is 3. The number of amides is 3. The number of benzene rings is 2. The third-order valence-electron chi connectivity index (χ3n) is 6.14. The molecular formula is C27H34FN5O2S. The van der Waals surface area contributed by atoms with Gasteiger partial charge in [-0.25, -0.2) is 9.18 Å². The molecule has 1 heterocycles. The van der Waals surface area contributed by atoms with Crippen molar-refractivity contribution in [1.29, 1.82) is 0 Å². The van der Waals surface area contributed by atoms with Crippen LogP contribution in [-0.2, 0) is 4.79 Å². The summed E-state index contributed by atoms with van der Waals surface area (Å²) in [7, 11) is 0. The van der Waals surface area contributed by atoms with Crippen LogP contribution in [0.25, 0.3) is 10.6 Å². The van der Waals surface area contributed by atoms with Crippen LogP contribution in [0.5, 0.6) is 0 Å². The molecule has 0 saturated carbocycles. The molecule has 7 nitrogen and oxygen atoms in total. The molecule has 3 N–H and O–H groups in total. The smallest absolute Gasteiger partial charge is 0.319 e. The van der Waals surface area contributed by atoms with Crippen molar-refractivity contribution < 1.29 is 14.0 Å². The highest BCUT2D eigenvalue weighted by atomic mass is 32.1. The molecule has 2 aromatic carbocycles. The molecule has 1 aromatic heterocycles. The number of aromatic nitrogens is 2. The number of rotatable bonds is 9. The maximum atomic E-state index is 13.2. The van der Waals surface area contributed by atoms with Crippen molar-refractivity contribution in [2.24, 2.45) is 5.92 Å². The van der Waals surface area contributed by atoms with E-state index in [-0.39, 0.29) is 29.5 Å². The molecular weight excluding hydrogens is 477 g/mol. The number of carbonyl (C=O) groups is 2. The predicted octanol–water partition coefficient (Wildman–Crippen LogP) is 6.77. The van der Waals surface area contributed by atoms with Crippen molar-refractivity contribution in [2.75, 3.05) is 10.6 Å². The lowest BCUT2D eigenvalue weighted by molar-refractivity contribution is -0.119.